The van der Waals surface area contributed by atoms with E-state index in [1.165, 1.54) is 14.2 Å². The number of carbonyl (C=O) groups excluding carboxylic acids is 2. The van der Waals surface area contributed by atoms with Crippen LogP contribution in [0.1, 0.15) is 11.7 Å². The maximum Gasteiger partial charge on any atom is 0.407 e. The first-order valence-corrected chi connectivity index (χ1v) is 4.63. The summed E-state index contributed by atoms with van der Waals surface area (Å²) >= 11 is 0. The van der Waals surface area contributed by atoms with E-state index in [0.717, 1.165) is 0 Å². The number of aromatic nitrogens is 1. The summed E-state index contributed by atoms with van der Waals surface area (Å²) in [5.41, 5.74) is 0.622. The number of rotatable bonds is 3. The first-order valence-electron chi connectivity index (χ1n) is 4.63. The Morgan fingerprint density at radius 2 is 2.06 bits per heavy atom. The fourth-order valence-corrected chi connectivity index (χ4v) is 1.32. The lowest BCUT2D eigenvalue weighted by molar-refractivity contribution is -0.143. The summed E-state index contributed by atoms with van der Waals surface area (Å²) < 4.78 is 10.8. The number of aryl methyl sites for hydroxylation is 1. The number of nitrogens with one attached hydrogen (secondary N) is 1. The zero-order chi connectivity index (χ0) is 12.1. The van der Waals surface area contributed by atoms with Gasteiger partial charge in [-0.1, -0.05) is 0 Å². The van der Waals surface area contributed by atoms with E-state index in [0.29, 0.717) is 5.69 Å². The molecule has 0 saturated heterocycles. The molecule has 0 fully saturated rings. The largest absolute Gasteiger partial charge is 0.467 e. The number of carbonyl (C=O) groups is 2. The number of amides is 1. The molecule has 16 heavy (non-hydrogen) atoms. The second kappa shape index (κ2) is 5.20. The van der Waals surface area contributed by atoms with Crippen LogP contribution in [0.3, 0.4) is 0 Å². The molecule has 6 heteroatoms. The third-order valence-corrected chi connectivity index (χ3v) is 2.16. The second-order valence-electron chi connectivity index (χ2n) is 3.14. The molecule has 0 aliphatic heterocycles. The molecule has 6 nitrogen and oxygen atoms in total. The quantitative estimate of drug-likeness (QED) is 0.766. The Morgan fingerprint density at radius 3 is 2.50 bits per heavy atom. The first-order chi connectivity index (χ1) is 7.60. The molecule has 0 aliphatic rings. The maximum atomic E-state index is 11.5. The normalized spacial score (nSPS) is 11.7. The zero-order valence-electron chi connectivity index (χ0n) is 9.39. The lowest BCUT2D eigenvalue weighted by Crippen LogP contribution is -2.35. The number of alkyl carbamates (subject to hydrolysis) is 1. The Balaban J connectivity index is 2.92. The average molecular weight is 226 g/mol. The van der Waals surface area contributed by atoms with Crippen molar-refractivity contribution in [2.75, 3.05) is 14.2 Å². The van der Waals surface area contributed by atoms with E-state index in [1.54, 1.807) is 29.9 Å². The molecular weight excluding hydrogens is 212 g/mol. The van der Waals surface area contributed by atoms with Gasteiger partial charge in [-0.05, 0) is 12.1 Å². The van der Waals surface area contributed by atoms with Crippen LogP contribution in [0.25, 0.3) is 0 Å². The van der Waals surface area contributed by atoms with Crippen molar-refractivity contribution in [2.24, 2.45) is 7.05 Å². The Kier molecular flexibility index (Phi) is 3.93. The highest BCUT2D eigenvalue weighted by Crippen LogP contribution is 2.14. The van der Waals surface area contributed by atoms with E-state index in [4.69, 9.17) is 0 Å². The topological polar surface area (TPSA) is 69.6 Å². The van der Waals surface area contributed by atoms with Crippen molar-refractivity contribution in [1.29, 1.82) is 0 Å². The molecule has 1 atom stereocenters. The van der Waals surface area contributed by atoms with E-state index in [1.807, 2.05) is 0 Å². The van der Waals surface area contributed by atoms with E-state index in [2.05, 4.69) is 14.8 Å². The van der Waals surface area contributed by atoms with Crippen LogP contribution < -0.4 is 5.32 Å². The molecular formula is C10H14N2O4. The molecule has 1 amide bonds. The first kappa shape index (κ1) is 12.1. The summed E-state index contributed by atoms with van der Waals surface area (Å²) in [6.07, 6.45) is 1.08. The Labute approximate surface area is 93.1 Å². The van der Waals surface area contributed by atoms with E-state index >= 15 is 0 Å². The van der Waals surface area contributed by atoms with E-state index in [-0.39, 0.29) is 0 Å². The summed E-state index contributed by atoms with van der Waals surface area (Å²) in [5.74, 6) is -0.549. The van der Waals surface area contributed by atoms with Crippen molar-refractivity contribution in [2.45, 2.75) is 6.04 Å². The summed E-state index contributed by atoms with van der Waals surface area (Å²) in [6, 6.07) is 2.62. The smallest absolute Gasteiger partial charge is 0.407 e. The summed E-state index contributed by atoms with van der Waals surface area (Å²) in [7, 11) is 4.26. The standard InChI is InChI=1S/C10H14N2O4/c1-12-6-4-5-7(12)8(9(13)15-2)11-10(14)16-3/h4-6,8H,1-3H3,(H,11,14). The van der Waals surface area contributed by atoms with Crippen LogP contribution in [-0.2, 0) is 21.3 Å². The third kappa shape index (κ3) is 2.53. The Hall–Kier alpha value is -1.98. The van der Waals surface area contributed by atoms with Gasteiger partial charge < -0.3 is 19.4 Å². The lowest BCUT2D eigenvalue weighted by Gasteiger charge is -2.16. The SMILES string of the molecule is COC(=O)NC(C(=O)OC)c1cccn1C. The van der Waals surface area contributed by atoms with Gasteiger partial charge in [0.1, 0.15) is 0 Å². The molecule has 0 radical (unpaired) electrons. The second-order valence-corrected chi connectivity index (χ2v) is 3.14. The van der Waals surface area contributed by atoms with Crippen LogP contribution in [-0.4, -0.2) is 30.8 Å². The minimum Gasteiger partial charge on any atom is -0.467 e. The number of hydrogen-bond acceptors (Lipinski definition) is 4. The highest BCUT2D eigenvalue weighted by Gasteiger charge is 2.25. The number of esters is 1. The van der Waals surface area contributed by atoms with E-state index in [9.17, 15) is 9.59 Å². The Morgan fingerprint density at radius 1 is 1.38 bits per heavy atom. The van der Waals surface area contributed by atoms with Crippen molar-refractivity contribution in [3.05, 3.63) is 24.0 Å². The average Bonchev–Trinajstić information content (AvgIpc) is 2.70. The van der Waals surface area contributed by atoms with Gasteiger partial charge in [0.2, 0.25) is 0 Å². The number of hydrogen-bond donors (Lipinski definition) is 1. The molecule has 1 heterocycles. The minimum absolute atomic E-state index is 0.549. The molecule has 0 saturated carbocycles. The van der Waals surface area contributed by atoms with Gasteiger partial charge in [-0.25, -0.2) is 9.59 Å². The highest BCUT2D eigenvalue weighted by atomic mass is 16.5. The number of methoxy groups -OCH3 is 2. The molecule has 1 rings (SSSR count). The lowest BCUT2D eigenvalue weighted by atomic mass is 10.2. The van der Waals surface area contributed by atoms with Crippen LogP contribution >= 0.6 is 0 Å². The molecule has 0 aliphatic carbocycles. The van der Waals surface area contributed by atoms with Crippen LogP contribution in [0.2, 0.25) is 0 Å². The van der Waals surface area contributed by atoms with Crippen molar-refractivity contribution in [3.63, 3.8) is 0 Å². The van der Waals surface area contributed by atoms with Gasteiger partial charge in [-0.2, -0.15) is 0 Å². The molecule has 88 valence electrons. The fraction of sp³-hybridized carbons (Fsp3) is 0.400. The Bertz CT molecular complexity index is 386. The summed E-state index contributed by atoms with van der Waals surface area (Å²) in [4.78, 5) is 22.6. The van der Waals surface area contributed by atoms with Gasteiger partial charge in [-0.3, -0.25) is 0 Å². The van der Waals surface area contributed by atoms with E-state index < -0.39 is 18.1 Å². The monoisotopic (exact) mass is 226 g/mol. The molecule has 1 unspecified atom stereocenters. The predicted octanol–water partition coefficient (Wildman–Crippen LogP) is 0.595. The number of ether oxygens (including phenoxy) is 2. The van der Waals surface area contributed by atoms with Crippen LogP contribution in [0, 0.1) is 0 Å². The van der Waals surface area contributed by atoms with Crippen molar-refractivity contribution in [1.82, 2.24) is 9.88 Å². The van der Waals surface area contributed by atoms with Crippen LogP contribution in [0.15, 0.2) is 18.3 Å². The van der Waals surface area contributed by atoms with Gasteiger partial charge in [0, 0.05) is 13.2 Å². The summed E-state index contributed by atoms with van der Waals surface area (Å²) in [6.45, 7) is 0. The summed E-state index contributed by atoms with van der Waals surface area (Å²) in [5, 5.41) is 2.40. The fourth-order valence-electron chi connectivity index (χ4n) is 1.32. The van der Waals surface area contributed by atoms with Crippen molar-refractivity contribution in [3.8, 4) is 0 Å². The molecule has 0 aromatic carbocycles. The van der Waals surface area contributed by atoms with Gasteiger partial charge in [0.25, 0.3) is 0 Å². The van der Waals surface area contributed by atoms with Crippen LogP contribution in [0.5, 0.6) is 0 Å². The third-order valence-electron chi connectivity index (χ3n) is 2.16. The molecule has 1 aromatic heterocycles. The van der Waals surface area contributed by atoms with Crippen LogP contribution in [0.4, 0.5) is 4.79 Å². The van der Waals surface area contributed by atoms with Crippen molar-refractivity contribution >= 4 is 12.1 Å². The molecule has 1 N–H and O–H groups in total. The molecule has 0 spiro atoms. The molecule has 0 bridgehead atoms. The number of nitrogens with zero attached hydrogens (tertiary/aromatic N) is 1. The van der Waals surface area contributed by atoms with Crippen molar-refractivity contribution < 1.29 is 19.1 Å². The van der Waals surface area contributed by atoms with Gasteiger partial charge >= 0.3 is 12.1 Å². The molecule has 1 aromatic rings. The zero-order valence-corrected chi connectivity index (χ0v) is 9.39. The highest BCUT2D eigenvalue weighted by molar-refractivity contribution is 5.82. The minimum atomic E-state index is -0.863. The predicted molar refractivity (Wildman–Crippen MR) is 55.7 cm³/mol. The maximum absolute atomic E-state index is 11.5. The van der Waals surface area contributed by atoms with Gasteiger partial charge in [-0.15, -0.1) is 0 Å². The van der Waals surface area contributed by atoms with Gasteiger partial charge in [0.15, 0.2) is 6.04 Å². The van der Waals surface area contributed by atoms with Gasteiger partial charge in [0.05, 0.1) is 19.9 Å².